The minimum Gasteiger partial charge on any atom is -0.350 e. The largest absolute Gasteiger partial charge is 0.350 e. The summed E-state index contributed by atoms with van der Waals surface area (Å²) in [6.45, 7) is 9.38. The highest BCUT2D eigenvalue weighted by Crippen LogP contribution is 2.35. The van der Waals surface area contributed by atoms with E-state index in [1.165, 1.54) is 11.8 Å². The molecule has 4 rings (SSSR count). The van der Waals surface area contributed by atoms with Crippen LogP contribution in [-0.2, 0) is 14.4 Å². The summed E-state index contributed by atoms with van der Waals surface area (Å²) in [4.78, 5) is 39.8. The molecule has 0 atom stereocenters. The van der Waals surface area contributed by atoms with Crippen LogP contribution in [0.15, 0.2) is 66.4 Å². The first kappa shape index (κ1) is 23.0. The average molecular weight is 454 g/mol. The van der Waals surface area contributed by atoms with E-state index in [0.717, 1.165) is 27.9 Å². The third-order valence-electron chi connectivity index (χ3n) is 5.97. The van der Waals surface area contributed by atoms with Crippen LogP contribution in [0.3, 0.4) is 0 Å². The number of carbonyl (C=O) groups is 3. The Labute approximate surface area is 199 Å². The van der Waals surface area contributed by atoms with E-state index in [2.05, 4.69) is 10.6 Å². The van der Waals surface area contributed by atoms with Gasteiger partial charge in [0, 0.05) is 18.3 Å². The van der Waals surface area contributed by atoms with Crippen molar-refractivity contribution in [3.63, 3.8) is 0 Å². The quantitative estimate of drug-likeness (QED) is 0.516. The summed E-state index contributed by atoms with van der Waals surface area (Å²) < 4.78 is 0. The van der Waals surface area contributed by atoms with Crippen molar-refractivity contribution < 1.29 is 14.4 Å². The summed E-state index contributed by atoms with van der Waals surface area (Å²) in [6.07, 6.45) is 0. The molecule has 6 heteroatoms. The van der Waals surface area contributed by atoms with Crippen molar-refractivity contribution in [1.82, 2.24) is 0 Å². The number of imide groups is 1. The Kier molecular flexibility index (Phi) is 6.07. The van der Waals surface area contributed by atoms with Crippen molar-refractivity contribution in [3.8, 4) is 0 Å². The molecule has 3 aromatic carbocycles. The summed E-state index contributed by atoms with van der Waals surface area (Å²) in [5.74, 6) is -1.02. The molecule has 0 aromatic heterocycles. The van der Waals surface area contributed by atoms with Crippen molar-refractivity contribution in [2.45, 2.75) is 34.6 Å². The number of nitrogens with zero attached hydrogens (tertiary/aromatic N) is 1. The predicted octanol–water partition coefficient (Wildman–Crippen LogP) is 5.28. The van der Waals surface area contributed by atoms with Crippen LogP contribution >= 0.6 is 0 Å². The summed E-state index contributed by atoms with van der Waals surface area (Å²) in [5, 5.41) is 5.94. The Morgan fingerprint density at radius 3 is 2.09 bits per heavy atom. The smallest absolute Gasteiger partial charge is 0.282 e. The van der Waals surface area contributed by atoms with Crippen LogP contribution in [0.25, 0.3) is 5.57 Å². The van der Waals surface area contributed by atoms with Gasteiger partial charge < -0.3 is 10.6 Å². The molecule has 0 unspecified atom stereocenters. The zero-order valence-corrected chi connectivity index (χ0v) is 19.9. The molecule has 2 N–H and O–H groups in total. The summed E-state index contributed by atoms with van der Waals surface area (Å²) in [5.41, 5.74) is 7.28. The second-order valence-electron chi connectivity index (χ2n) is 8.67. The fourth-order valence-corrected chi connectivity index (χ4v) is 4.03. The maximum atomic E-state index is 13.7. The Bertz CT molecular complexity index is 1350. The zero-order chi connectivity index (χ0) is 24.6. The number of benzene rings is 3. The molecule has 172 valence electrons. The van der Waals surface area contributed by atoms with Crippen LogP contribution in [0.2, 0.25) is 0 Å². The SMILES string of the molecule is CC(=O)Nc1ccc(N2C(=O)C(Nc3ccc(C)cc3C)=C(c3ccc(C)c(C)c3)C2=O)cc1. The molecule has 0 saturated carbocycles. The van der Waals surface area contributed by atoms with E-state index in [0.29, 0.717) is 22.5 Å². The molecular weight excluding hydrogens is 426 g/mol. The molecule has 1 aliphatic rings. The first-order valence-electron chi connectivity index (χ1n) is 11.1. The number of hydrogen-bond acceptors (Lipinski definition) is 4. The van der Waals surface area contributed by atoms with Gasteiger partial charge in [-0.3, -0.25) is 14.4 Å². The van der Waals surface area contributed by atoms with Gasteiger partial charge in [0.1, 0.15) is 5.70 Å². The van der Waals surface area contributed by atoms with Crippen molar-refractivity contribution in [2.75, 3.05) is 15.5 Å². The van der Waals surface area contributed by atoms with Gasteiger partial charge >= 0.3 is 0 Å². The lowest BCUT2D eigenvalue weighted by Crippen LogP contribution is -2.32. The highest BCUT2D eigenvalue weighted by molar-refractivity contribution is 6.46. The van der Waals surface area contributed by atoms with E-state index in [1.807, 2.05) is 64.1 Å². The third-order valence-corrected chi connectivity index (χ3v) is 5.97. The van der Waals surface area contributed by atoms with Crippen LogP contribution in [0.1, 0.15) is 34.7 Å². The minimum absolute atomic E-state index is 0.195. The Morgan fingerprint density at radius 1 is 0.765 bits per heavy atom. The number of carbonyl (C=O) groups excluding carboxylic acids is 3. The Balaban J connectivity index is 1.79. The average Bonchev–Trinajstić information content (AvgIpc) is 3.02. The lowest BCUT2D eigenvalue weighted by molar-refractivity contribution is -0.120. The van der Waals surface area contributed by atoms with Crippen LogP contribution in [0.5, 0.6) is 0 Å². The van der Waals surface area contributed by atoms with E-state index in [4.69, 9.17) is 0 Å². The standard InChI is InChI=1S/C28H27N3O3/c1-16-6-13-24(19(4)14-16)30-26-25(21-8-7-17(2)18(3)15-21)27(33)31(28(26)34)23-11-9-22(10-12-23)29-20(5)32/h6-15,30H,1-5H3,(H,29,32). The molecule has 1 heterocycles. The molecule has 0 saturated heterocycles. The van der Waals surface area contributed by atoms with Gasteiger partial charge in [-0.25, -0.2) is 4.90 Å². The number of rotatable bonds is 5. The normalized spacial score (nSPS) is 13.5. The van der Waals surface area contributed by atoms with E-state index in [1.54, 1.807) is 24.3 Å². The molecule has 34 heavy (non-hydrogen) atoms. The zero-order valence-electron chi connectivity index (χ0n) is 19.9. The van der Waals surface area contributed by atoms with E-state index >= 15 is 0 Å². The molecule has 0 bridgehead atoms. The topological polar surface area (TPSA) is 78.5 Å². The lowest BCUT2D eigenvalue weighted by atomic mass is 9.99. The van der Waals surface area contributed by atoms with E-state index in [9.17, 15) is 14.4 Å². The Hall–Kier alpha value is -4.19. The first-order chi connectivity index (χ1) is 16.2. The maximum absolute atomic E-state index is 13.7. The molecule has 0 fully saturated rings. The maximum Gasteiger partial charge on any atom is 0.282 e. The third kappa shape index (κ3) is 4.35. The highest BCUT2D eigenvalue weighted by Gasteiger charge is 2.40. The van der Waals surface area contributed by atoms with Crippen LogP contribution in [-0.4, -0.2) is 17.7 Å². The van der Waals surface area contributed by atoms with E-state index in [-0.39, 0.29) is 11.6 Å². The number of nitrogens with one attached hydrogen (secondary N) is 2. The molecule has 6 nitrogen and oxygen atoms in total. The first-order valence-corrected chi connectivity index (χ1v) is 11.1. The molecule has 3 aromatic rings. The number of amides is 3. The molecule has 1 aliphatic heterocycles. The summed E-state index contributed by atoms with van der Waals surface area (Å²) in [6, 6.07) is 18.3. The van der Waals surface area contributed by atoms with Crippen molar-refractivity contribution in [3.05, 3.63) is 94.2 Å². The van der Waals surface area contributed by atoms with Crippen molar-refractivity contribution in [1.29, 1.82) is 0 Å². The fraction of sp³-hybridized carbons (Fsp3) is 0.179. The van der Waals surface area contributed by atoms with Gasteiger partial charge in [-0.2, -0.15) is 0 Å². The Morgan fingerprint density at radius 2 is 1.47 bits per heavy atom. The molecule has 0 radical (unpaired) electrons. The summed E-state index contributed by atoms with van der Waals surface area (Å²) >= 11 is 0. The van der Waals surface area contributed by atoms with Crippen molar-refractivity contribution in [2.24, 2.45) is 0 Å². The molecule has 3 amide bonds. The monoisotopic (exact) mass is 453 g/mol. The van der Waals surface area contributed by atoms with Crippen LogP contribution in [0.4, 0.5) is 17.1 Å². The second-order valence-corrected chi connectivity index (χ2v) is 8.67. The molecule has 0 aliphatic carbocycles. The summed E-state index contributed by atoms with van der Waals surface area (Å²) in [7, 11) is 0. The second kappa shape index (κ2) is 8.98. The van der Waals surface area contributed by atoms with E-state index < -0.39 is 11.8 Å². The highest BCUT2D eigenvalue weighted by atomic mass is 16.2. The molecular formula is C28H27N3O3. The van der Waals surface area contributed by atoms with Crippen LogP contribution in [0, 0.1) is 27.7 Å². The van der Waals surface area contributed by atoms with Gasteiger partial charge in [-0.1, -0.05) is 35.9 Å². The lowest BCUT2D eigenvalue weighted by Gasteiger charge is -2.16. The number of aryl methyl sites for hydroxylation is 4. The van der Waals surface area contributed by atoms with Gasteiger partial charge in [0.15, 0.2) is 0 Å². The van der Waals surface area contributed by atoms with Gasteiger partial charge in [-0.05, 0) is 80.3 Å². The number of anilines is 3. The van der Waals surface area contributed by atoms with Gasteiger partial charge in [0.2, 0.25) is 5.91 Å². The van der Waals surface area contributed by atoms with Crippen LogP contribution < -0.4 is 15.5 Å². The van der Waals surface area contributed by atoms with Gasteiger partial charge in [0.05, 0.1) is 11.3 Å². The van der Waals surface area contributed by atoms with Gasteiger partial charge in [0.25, 0.3) is 11.8 Å². The number of hydrogen-bond donors (Lipinski definition) is 2. The fourth-order valence-electron chi connectivity index (χ4n) is 4.03. The van der Waals surface area contributed by atoms with Gasteiger partial charge in [-0.15, -0.1) is 0 Å². The minimum atomic E-state index is -0.425. The molecule has 0 spiro atoms. The predicted molar refractivity (Wildman–Crippen MR) is 136 cm³/mol. The van der Waals surface area contributed by atoms with Crippen molar-refractivity contribution >= 4 is 40.4 Å².